The van der Waals surface area contributed by atoms with Crippen molar-refractivity contribution in [1.82, 2.24) is 9.13 Å². The lowest BCUT2D eigenvalue weighted by Gasteiger charge is -2.19. The summed E-state index contributed by atoms with van der Waals surface area (Å²) in [6, 6.07) is 15.0. The molecule has 0 amide bonds. The second-order valence-electron chi connectivity index (χ2n) is 7.82. The maximum atomic E-state index is 14.4. The van der Waals surface area contributed by atoms with Gasteiger partial charge in [0.25, 0.3) is 5.56 Å². The molecule has 1 aliphatic rings. The van der Waals surface area contributed by atoms with E-state index in [0.29, 0.717) is 16.9 Å². The van der Waals surface area contributed by atoms with Crippen LogP contribution in [0.15, 0.2) is 70.4 Å². The summed E-state index contributed by atoms with van der Waals surface area (Å²) >= 11 is 0. The molecular weight excluding hydrogens is 447 g/mol. The van der Waals surface area contributed by atoms with Gasteiger partial charge in [0.1, 0.15) is 18.5 Å². The van der Waals surface area contributed by atoms with E-state index in [0.717, 1.165) is 15.3 Å². The molecule has 178 valence electrons. The van der Waals surface area contributed by atoms with Crippen LogP contribution in [0, 0.1) is 5.82 Å². The Kier molecular flexibility index (Phi) is 6.90. The van der Waals surface area contributed by atoms with E-state index in [9.17, 15) is 23.9 Å². The number of esters is 1. The molecule has 2 heterocycles. The number of nitrogens with zero attached hydrogens (tertiary/aromatic N) is 2. The normalized spacial score (nSPS) is 19.7. The number of ether oxygens (including phenoxy) is 3. The Morgan fingerprint density at radius 1 is 1.15 bits per heavy atom. The summed E-state index contributed by atoms with van der Waals surface area (Å²) in [6.45, 7) is -0.343. The molecule has 0 radical (unpaired) electrons. The molecule has 1 aromatic heterocycles. The van der Waals surface area contributed by atoms with Crippen LogP contribution < -0.4 is 16.0 Å². The maximum Gasteiger partial charge on any atom is 0.338 e. The average molecular weight is 470 g/mol. The van der Waals surface area contributed by atoms with Crippen LogP contribution in [0.4, 0.5) is 4.39 Å². The molecule has 34 heavy (non-hydrogen) atoms. The summed E-state index contributed by atoms with van der Waals surface area (Å²) in [5.74, 6) is -1.13. The molecule has 0 saturated carbocycles. The number of benzene rings is 2. The highest BCUT2D eigenvalue weighted by Crippen LogP contribution is 2.28. The van der Waals surface area contributed by atoms with Crippen molar-refractivity contribution in [2.75, 3.05) is 13.7 Å². The van der Waals surface area contributed by atoms with Gasteiger partial charge in [0, 0.05) is 6.42 Å². The van der Waals surface area contributed by atoms with Crippen LogP contribution in [0.25, 0.3) is 0 Å². The number of halogens is 1. The highest BCUT2D eigenvalue weighted by Gasteiger charge is 2.37. The number of methoxy groups -OCH3 is 1. The molecule has 4 rings (SSSR count). The highest BCUT2D eigenvalue weighted by atomic mass is 19.1. The van der Waals surface area contributed by atoms with Gasteiger partial charge in [-0.2, -0.15) is 4.39 Å². The number of aliphatic hydroxyl groups excluding tert-OH is 1. The lowest BCUT2D eigenvalue weighted by molar-refractivity contribution is -0.0581. The Hall–Kier alpha value is -3.76. The first kappa shape index (κ1) is 23.4. The standard InChI is InChI=1S/C24H23FN2O7/c1-32-17-9-7-15(8-10-17)12-26-21(29)19(25)13-27(24(26)31)22-20(28)11-18(34-22)14-33-23(30)16-5-3-2-4-6-16/h2-10,13,18,20,22,28H,11-12,14H2,1H3. The Bertz CT molecular complexity index is 1270. The van der Waals surface area contributed by atoms with E-state index in [1.54, 1.807) is 54.6 Å². The van der Waals surface area contributed by atoms with Crippen molar-refractivity contribution in [3.8, 4) is 5.75 Å². The SMILES string of the molecule is COc1ccc(Cn2c(=O)c(F)cn(C3OC(COC(=O)c4ccccc4)CC3O)c2=O)cc1. The topological polar surface area (TPSA) is 109 Å². The van der Waals surface area contributed by atoms with Gasteiger partial charge in [-0.3, -0.25) is 13.9 Å². The molecule has 3 unspecified atom stereocenters. The molecular formula is C24H23FN2O7. The van der Waals surface area contributed by atoms with Crippen LogP contribution in [0.3, 0.4) is 0 Å². The zero-order chi connectivity index (χ0) is 24.2. The molecule has 2 aromatic carbocycles. The minimum Gasteiger partial charge on any atom is -0.497 e. The summed E-state index contributed by atoms with van der Waals surface area (Å²) < 4.78 is 32.0. The van der Waals surface area contributed by atoms with Crippen molar-refractivity contribution in [3.63, 3.8) is 0 Å². The molecule has 9 nitrogen and oxygen atoms in total. The molecule has 1 saturated heterocycles. The van der Waals surface area contributed by atoms with Crippen LogP contribution in [0.5, 0.6) is 5.75 Å². The van der Waals surface area contributed by atoms with Gasteiger partial charge >= 0.3 is 11.7 Å². The summed E-state index contributed by atoms with van der Waals surface area (Å²) in [5.41, 5.74) is -0.983. The number of aliphatic hydroxyl groups is 1. The minimum absolute atomic E-state index is 0.0540. The van der Waals surface area contributed by atoms with E-state index < -0.39 is 41.5 Å². The summed E-state index contributed by atoms with van der Waals surface area (Å²) in [4.78, 5) is 37.5. The Morgan fingerprint density at radius 2 is 1.85 bits per heavy atom. The van der Waals surface area contributed by atoms with Gasteiger partial charge in [-0.1, -0.05) is 30.3 Å². The smallest absolute Gasteiger partial charge is 0.338 e. The first-order valence-corrected chi connectivity index (χ1v) is 10.6. The highest BCUT2D eigenvalue weighted by molar-refractivity contribution is 5.89. The van der Waals surface area contributed by atoms with Crippen molar-refractivity contribution >= 4 is 5.97 Å². The van der Waals surface area contributed by atoms with Crippen molar-refractivity contribution in [1.29, 1.82) is 0 Å². The second-order valence-corrected chi connectivity index (χ2v) is 7.82. The molecule has 1 fully saturated rings. The lowest BCUT2D eigenvalue weighted by atomic mass is 10.2. The third kappa shape index (κ3) is 4.92. The lowest BCUT2D eigenvalue weighted by Crippen LogP contribution is -2.44. The molecule has 3 atom stereocenters. The summed E-state index contributed by atoms with van der Waals surface area (Å²) in [7, 11) is 1.51. The number of carbonyl (C=O) groups is 1. The van der Waals surface area contributed by atoms with Gasteiger partial charge < -0.3 is 19.3 Å². The third-order valence-electron chi connectivity index (χ3n) is 5.50. The fourth-order valence-electron chi connectivity index (χ4n) is 3.74. The number of rotatable bonds is 7. The molecule has 0 bridgehead atoms. The van der Waals surface area contributed by atoms with E-state index in [2.05, 4.69) is 0 Å². The summed E-state index contributed by atoms with van der Waals surface area (Å²) in [6.07, 6.45) is -2.36. The van der Waals surface area contributed by atoms with Crippen molar-refractivity contribution in [2.45, 2.75) is 31.4 Å². The molecule has 1 N–H and O–H groups in total. The number of hydrogen-bond acceptors (Lipinski definition) is 7. The number of hydrogen-bond donors (Lipinski definition) is 1. The first-order chi connectivity index (χ1) is 16.4. The molecule has 3 aromatic rings. The van der Waals surface area contributed by atoms with Gasteiger partial charge in [0.2, 0.25) is 5.82 Å². The predicted octanol–water partition coefficient (Wildman–Crippen LogP) is 1.71. The zero-order valence-corrected chi connectivity index (χ0v) is 18.3. The Morgan fingerprint density at radius 3 is 2.53 bits per heavy atom. The van der Waals surface area contributed by atoms with E-state index in [1.165, 1.54) is 7.11 Å². The molecule has 1 aliphatic heterocycles. The first-order valence-electron chi connectivity index (χ1n) is 10.6. The molecule has 0 aliphatic carbocycles. The van der Waals surface area contributed by atoms with Crippen LogP contribution in [0.2, 0.25) is 0 Å². The van der Waals surface area contributed by atoms with Gasteiger partial charge in [0.15, 0.2) is 6.23 Å². The van der Waals surface area contributed by atoms with Crippen LogP contribution in [-0.2, 0) is 16.0 Å². The van der Waals surface area contributed by atoms with Gasteiger partial charge in [0.05, 0.1) is 31.5 Å². The van der Waals surface area contributed by atoms with E-state index >= 15 is 0 Å². The van der Waals surface area contributed by atoms with Crippen molar-refractivity contribution in [3.05, 3.63) is 98.6 Å². The molecule has 10 heteroatoms. The Balaban J connectivity index is 1.51. The van der Waals surface area contributed by atoms with Gasteiger partial charge in [-0.25, -0.2) is 9.59 Å². The molecule has 0 spiro atoms. The third-order valence-corrected chi connectivity index (χ3v) is 5.50. The average Bonchev–Trinajstić information content (AvgIpc) is 3.23. The van der Waals surface area contributed by atoms with Crippen LogP contribution in [-0.4, -0.2) is 46.1 Å². The monoisotopic (exact) mass is 470 g/mol. The quantitative estimate of drug-likeness (QED) is 0.524. The fourth-order valence-corrected chi connectivity index (χ4v) is 3.74. The largest absolute Gasteiger partial charge is 0.497 e. The maximum absolute atomic E-state index is 14.4. The summed E-state index contributed by atoms with van der Waals surface area (Å²) in [5, 5.41) is 10.5. The van der Waals surface area contributed by atoms with Crippen molar-refractivity contribution < 1.29 is 28.5 Å². The van der Waals surface area contributed by atoms with E-state index in [-0.39, 0.29) is 19.6 Å². The van der Waals surface area contributed by atoms with E-state index in [4.69, 9.17) is 14.2 Å². The fraction of sp³-hybridized carbons (Fsp3) is 0.292. The van der Waals surface area contributed by atoms with Crippen molar-refractivity contribution in [2.24, 2.45) is 0 Å². The minimum atomic E-state index is -1.25. The number of aromatic nitrogens is 2. The zero-order valence-electron chi connectivity index (χ0n) is 18.3. The van der Waals surface area contributed by atoms with Crippen LogP contribution >= 0.6 is 0 Å². The second kappa shape index (κ2) is 10.0. The van der Waals surface area contributed by atoms with E-state index in [1.807, 2.05) is 0 Å². The van der Waals surface area contributed by atoms with Crippen LogP contribution in [0.1, 0.15) is 28.6 Å². The predicted molar refractivity (Wildman–Crippen MR) is 118 cm³/mol. The number of carbonyl (C=O) groups excluding carboxylic acids is 1. The van der Waals surface area contributed by atoms with Gasteiger partial charge in [-0.05, 0) is 29.8 Å². The van der Waals surface area contributed by atoms with Gasteiger partial charge in [-0.15, -0.1) is 0 Å². The Labute approximate surface area is 193 Å².